The predicted octanol–water partition coefficient (Wildman–Crippen LogP) is 0.968. The molecule has 0 spiro atoms. The molecule has 1 aromatic rings. The third-order valence-corrected chi connectivity index (χ3v) is 3.09. The van der Waals surface area contributed by atoms with Gasteiger partial charge in [-0.2, -0.15) is 0 Å². The molecule has 96 valence electrons. The van der Waals surface area contributed by atoms with Gasteiger partial charge in [0.2, 0.25) is 11.8 Å². The van der Waals surface area contributed by atoms with Crippen LogP contribution in [0.2, 0.25) is 0 Å². The van der Waals surface area contributed by atoms with E-state index in [1.54, 1.807) is 4.90 Å². The Hall–Kier alpha value is -1.84. The maximum absolute atomic E-state index is 11.9. The Balaban J connectivity index is 1.73. The van der Waals surface area contributed by atoms with Crippen LogP contribution in [0.25, 0.3) is 0 Å². The number of piperazine rings is 1. The highest BCUT2D eigenvalue weighted by molar-refractivity contribution is 5.85. The average molecular weight is 246 g/mol. The first-order valence-electron chi connectivity index (χ1n) is 6.34. The fraction of sp³-hybridized carbons (Fsp3) is 0.429. The van der Waals surface area contributed by atoms with Gasteiger partial charge in [-0.15, -0.1) is 0 Å². The molecule has 0 aromatic heterocycles. The van der Waals surface area contributed by atoms with Crippen LogP contribution in [-0.4, -0.2) is 36.3 Å². The van der Waals surface area contributed by atoms with Crippen LogP contribution in [0.5, 0.6) is 0 Å². The zero-order chi connectivity index (χ0) is 12.8. The maximum Gasteiger partial charge on any atom is 0.239 e. The van der Waals surface area contributed by atoms with Crippen LogP contribution in [0.15, 0.2) is 30.3 Å². The normalized spacial score (nSPS) is 15.3. The Morgan fingerprint density at radius 2 is 2.06 bits per heavy atom. The van der Waals surface area contributed by atoms with Gasteiger partial charge in [0, 0.05) is 19.5 Å². The van der Waals surface area contributed by atoms with E-state index < -0.39 is 0 Å². The van der Waals surface area contributed by atoms with Crippen LogP contribution in [0, 0.1) is 0 Å². The largest absolute Gasteiger partial charge is 0.353 e. The maximum atomic E-state index is 11.9. The molecule has 0 unspecified atom stereocenters. The third kappa shape index (κ3) is 3.58. The number of amides is 2. The van der Waals surface area contributed by atoms with E-state index in [2.05, 4.69) is 17.4 Å². The molecule has 1 saturated heterocycles. The highest BCUT2D eigenvalue weighted by Crippen LogP contribution is 2.07. The summed E-state index contributed by atoms with van der Waals surface area (Å²) < 4.78 is 0. The lowest BCUT2D eigenvalue weighted by Crippen LogP contribution is -2.49. The van der Waals surface area contributed by atoms with Crippen molar-refractivity contribution in [3.8, 4) is 0 Å². The minimum Gasteiger partial charge on any atom is -0.353 e. The standard InChI is InChI=1S/C14H18N2O2/c17-13-11-16(10-9-15-13)14(18)8-4-7-12-5-2-1-3-6-12/h1-3,5-6H,4,7-11H2,(H,15,17). The number of nitrogens with one attached hydrogen (secondary N) is 1. The molecular weight excluding hydrogens is 228 g/mol. The lowest BCUT2D eigenvalue weighted by atomic mass is 10.1. The van der Waals surface area contributed by atoms with E-state index in [4.69, 9.17) is 0 Å². The molecule has 4 nitrogen and oxygen atoms in total. The van der Waals surface area contributed by atoms with Gasteiger partial charge in [-0.25, -0.2) is 0 Å². The van der Waals surface area contributed by atoms with Crippen LogP contribution in [0.3, 0.4) is 0 Å². The fourth-order valence-corrected chi connectivity index (χ4v) is 2.10. The Kier molecular flexibility index (Phi) is 4.34. The van der Waals surface area contributed by atoms with Crippen molar-refractivity contribution in [2.75, 3.05) is 19.6 Å². The molecule has 0 radical (unpaired) electrons. The molecule has 1 fully saturated rings. The lowest BCUT2D eigenvalue weighted by molar-refractivity contribution is -0.138. The summed E-state index contributed by atoms with van der Waals surface area (Å²) in [5, 5.41) is 2.72. The molecule has 1 aromatic carbocycles. The SMILES string of the molecule is O=C1CN(C(=O)CCCc2ccccc2)CCN1. The first-order valence-corrected chi connectivity index (χ1v) is 6.34. The van der Waals surface area contributed by atoms with Gasteiger partial charge in [0.15, 0.2) is 0 Å². The minimum atomic E-state index is -0.0577. The van der Waals surface area contributed by atoms with Crippen molar-refractivity contribution in [1.82, 2.24) is 10.2 Å². The van der Waals surface area contributed by atoms with Crippen molar-refractivity contribution >= 4 is 11.8 Å². The molecule has 1 heterocycles. The van der Waals surface area contributed by atoms with Gasteiger partial charge in [-0.05, 0) is 18.4 Å². The highest BCUT2D eigenvalue weighted by Gasteiger charge is 2.20. The van der Waals surface area contributed by atoms with Crippen LogP contribution >= 0.6 is 0 Å². The topological polar surface area (TPSA) is 49.4 Å². The summed E-state index contributed by atoms with van der Waals surface area (Å²) >= 11 is 0. The lowest BCUT2D eigenvalue weighted by Gasteiger charge is -2.26. The molecular formula is C14H18N2O2. The Morgan fingerprint density at radius 3 is 2.78 bits per heavy atom. The fourth-order valence-electron chi connectivity index (χ4n) is 2.10. The van der Waals surface area contributed by atoms with Gasteiger partial charge in [0.05, 0.1) is 6.54 Å². The van der Waals surface area contributed by atoms with E-state index in [9.17, 15) is 9.59 Å². The van der Waals surface area contributed by atoms with Crippen LogP contribution in [0.1, 0.15) is 18.4 Å². The summed E-state index contributed by atoms with van der Waals surface area (Å²) in [5.74, 6) is 0.0263. The summed E-state index contributed by atoms with van der Waals surface area (Å²) in [6.07, 6.45) is 2.26. The molecule has 1 aliphatic heterocycles. The number of hydrogen-bond acceptors (Lipinski definition) is 2. The number of carbonyl (C=O) groups is 2. The molecule has 1 aliphatic rings. The van der Waals surface area contributed by atoms with E-state index >= 15 is 0 Å². The Morgan fingerprint density at radius 1 is 1.28 bits per heavy atom. The number of benzene rings is 1. The monoisotopic (exact) mass is 246 g/mol. The van der Waals surface area contributed by atoms with E-state index in [-0.39, 0.29) is 18.4 Å². The van der Waals surface area contributed by atoms with Gasteiger partial charge < -0.3 is 10.2 Å². The van der Waals surface area contributed by atoms with Crippen molar-refractivity contribution < 1.29 is 9.59 Å². The molecule has 2 rings (SSSR count). The molecule has 0 aliphatic carbocycles. The average Bonchev–Trinajstić information content (AvgIpc) is 2.40. The second-order valence-electron chi connectivity index (χ2n) is 4.50. The van der Waals surface area contributed by atoms with Crippen molar-refractivity contribution in [3.63, 3.8) is 0 Å². The molecule has 0 bridgehead atoms. The highest BCUT2D eigenvalue weighted by atomic mass is 16.2. The third-order valence-electron chi connectivity index (χ3n) is 3.09. The predicted molar refractivity (Wildman–Crippen MR) is 69.0 cm³/mol. The van der Waals surface area contributed by atoms with Gasteiger partial charge in [0.1, 0.15) is 0 Å². The van der Waals surface area contributed by atoms with Crippen molar-refractivity contribution in [1.29, 1.82) is 0 Å². The molecule has 0 atom stereocenters. The van der Waals surface area contributed by atoms with Crippen LogP contribution < -0.4 is 5.32 Å². The van der Waals surface area contributed by atoms with Gasteiger partial charge in [-0.1, -0.05) is 30.3 Å². The van der Waals surface area contributed by atoms with E-state index in [1.165, 1.54) is 5.56 Å². The smallest absolute Gasteiger partial charge is 0.239 e. The quantitative estimate of drug-likeness (QED) is 0.860. The molecule has 4 heteroatoms. The van der Waals surface area contributed by atoms with E-state index in [1.807, 2.05) is 18.2 Å². The van der Waals surface area contributed by atoms with Crippen molar-refractivity contribution in [3.05, 3.63) is 35.9 Å². The number of rotatable bonds is 4. The molecule has 1 N–H and O–H groups in total. The summed E-state index contributed by atoms with van der Waals surface area (Å²) in [4.78, 5) is 24.7. The summed E-state index contributed by atoms with van der Waals surface area (Å²) in [7, 11) is 0. The van der Waals surface area contributed by atoms with E-state index in [0.29, 0.717) is 19.5 Å². The Labute approximate surface area is 107 Å². The molecule has 0 saturated carbocycles. The first-order chi connectivity index (χ1) is 8.75. The number of hydrogen-bond donors (Lipinski definition) is 1. The summed E-state index contributed by atoms with van der Waals surface area (Å²) in [6, 6.07) is 10.1. The van der Waals surface area contributed by atoms with Gasteiger partial charge >= 0.3 is 0 Å². The molecule has 18 heavy (non-hydrogen) atoms. The van der Waals surface area contributed by atoms with E-state index in [0.717, 1.165) is 12.8 Å². The van der Waals surface area contributed by atoms with Gasteiger partial charge in [0.25, 0.3) is 0 Å². The number of carbonyl (C=O) groups excluding carboxylic acids is 2. The Bertz CT molecular complexity index is 417. The van der Waals surface area contributed by atoms with Crippen LogP contribution in [-0.2, 0) is 16.0 Å². The molecule has 2 amide bonds. The summed E-state index contributed by atoms with van der Waals surface area (Å²) in [6.45, 7) is 1.42. The van der Waals surface area contributed by atoms with Crippen molar-refractivity contribution in [2.24, 2.45) is 0 Å². The number of nitrogens with zero attached hydrogens (tertiary/aromatic N) is 1. The first kappa shape index (κ1) is 12.6. The second kappa shape index (κ2) is 6.19. The van der Waals surface area contributed by atoms with Gasteiger partial charge in [-0.3, -0.25) is 9.59 Å². The van der Waals surface area contributed by atoms with Crippen LogP contribution in [0.4, 0.5) is 0 Å². The zero-order valence-electron chi connectivity index (χ0n) is 10.4. The minimum absolute atomic E-state index is 0.0577. The number of aryl methyl sites for hydroxylation is 1. The van der Waals surface area contributed by atoms with Crippen molar-refractivity contribution in [2.45, 2.75) is 19.3 Å². The second-order valence-corrected chi connectivity index (χ2v) is 4.50. The summed E-state index contributed by atoms with van der Waals surface area (Å²) in [5.41, 5.74) is 1.25. The zero-order valence-corrected chi connectivity index (χ0v) is 10.4.